The molecule has 0 atom stereocenters. The number of aromatic amines is 1. The number of hydrogen-bond acceptors (Lipinski definition) is 6. The minimum atomic E-state index is -0.901. The van der Waals surface area contributed by atoms with Gasteiger partial charge in [-0.2, -0.15) is 4.98 Å². The summed E-state index contributed by atoms with van der Waals surface area (Å²) in [5.74, 6) is 1.13. The van der Waals surface area contributed by atoms with Crippen LogP contribution in [0, 0.1) is 5.82 Å². The topological polar surface area (TPSA) is 81.8 Å². The SMILES string of the molecule is COc1cc(F)c2c(c1)N(C)C(=O)C21CCN(c2nc3c(c(=O)[nH]2)CCCN3C)CC1. The number of rotatable bonds is 2. The number of nitrogens with zero attached hydrogens (tertiary/aromatic N) is 4. The van der Waals surface area contributed by atoms with E-state index in [2.05, 4.69) is 4.98 Å². The fourth-order valence-corrected chi connectivity index (χ4v) is 5.29. The summed E-state index contributed by atoms with van der Waals surface area (Å²) in [6.45, 7) is 1.86. The number of halogens is 1. The number of carbonyl (C=O) groups is 1. The number of methoxy groups -OCH3 is 1. The molecule has 1 spiro atoms. The van der Waals surface area contributed by atoms with Crippen LogP contribution >= 0.6 is 0 Å². The lowest BCUT2D eigenvalue weighted by Gasteiger charge is -2.39. The molecule has 5 rings (SSSR count). The molecule has 31 heavy (non-hydrogen) atoms. The van der Waals surface area contributed by atoms with Crippen LogP contribution in [0.2, 0.25) is 0 Å². The zero-order valence-corrected chi connectivity index (χ0v) is 18.0. The van der Waals surface area contributed by atoms with Crippen LogP contribution in [0.3, 0.4) is 0 Å². The van der Waals surface area contributed by atoms with Crippen LogP contribution in [-0.4, -0.2) is 56.7 Å². The van der Waals surface area contributed by atoms with Gasteiger partial charge in [0.25, 0.3) is 5.56 Å². The molecule has 164 valence electrons. The van der Waals surface area contributed by atoms with Gasteiger partial charge in [-0.1, -0.05) is 0 Å². The van der Waals surface area contributed by atoms with Crippen molar-refractivity contribution in [1.82, 2.24) is 9.97 Å². The standard InChI is InChI=1S/C22H26FN5O3/c1-26-8-4-5-14-18(26)24-21(25-19(14)29)28-9-6-22(7-10-28)17-15(23)11-13(31-3)12-16(17)27(2)20(22)30/h11-12H,4-10H2,1-3H3,(H,24,25,29). The van der Waals surface area contributed by atoms with E-state index in [-0.39, 0.29) is 11.5 Å². The molecule has 2 aromatic rings. The van der Waals surface area contributed by atoms with Crippen molar-refractivity contribution in [3.05, 3.63) is 39.4 Å². The summed E-state index contributed by atoms with van der Waals surface area (Å²) >= 11 is 0. The Morgan fingerprint density at radius 2 is 1.90 bits per heavy atom. The molecule has 1 amide bonds. The lowest BCUT2D eigenvalue weighted by Crippen LogP contribution is -2.49. The Hall–Kier alpha value is -3.10. The molecular formula is C22H26FN5O3. The number of hydrogen-bond donors (Lipinski definition) is 1. The zero-order valence-electron chi connectivity index (χ0n) is 18.0. The van der Waals surface area contributed by atoms with Crippen LogP contribution in [0.1, 0.15) is 30.4 Å². The first-order chi connectivity index (χ1) is 14.9. The van der Waals surface area contributed by atoms with Gasteiger partial charge in [-0.25, -0.2) is 4.39 Å². The van der Waals surface area contributed by atoms with Gasteiger partial charge in [0, 0.05) is 51.4 Å². The maximum Gasteiger partial charge on any atom is 0.257 e. The normalized spacial score (nSPS) is 19.6. The number of piperidine rings is 1. The van der Waals surface area contributed by atoms with E-state index in [4.69, 9.17) is 9.72 Å². The fraction of sp³-hybridized carbons (Fsp3) is 0.500. The van der Waals surface area contributed by atoms with Gasteiger partial charge in [-0.15, -0.1) is 0 Å². The Labute approximate surface area is 179 Å². The number of carbonyl (C=O) groups excluding carboxylic acids is 1. The van der Waals surface area contributed by atoms with E-state index in [0.29, 0.717) is 48.9 Å². The first-order valence-electron chi connectivity index (χ1n) is 10.6. The van der Waals surface area contributed by atoms with Crippen molar-refractivity contribution in [2.24, 2.45) is 0 Å². The third kappa shape index (κ3) is 2.82. The van der Waals surface area contributed by atoms with Crippen molar-refractivity contribution in [2.75, 3.05) is 55.5 Å². The summed E-state index contributed by atoms with van der Waals surface area (Å²) in [6.07, 6.45) is 2.56. The predicted molar refractivity (Wildman–Crippen MR) is 116 cm³/mol. The smallest absolute Gasteiger partial charge is 0.257 e. The van der Waals surface area contributed by atoms with Crippen LogP contribution in [0.25, 0.3) is 0 Å². The lowest BCUT2D eigenvalue weighted by atomic mass is 9.73. The summed E-state index contributed by atoms with van der Waals surface area (Å²) < 4.78 is 20.3. The van der Waals surface area contributed by atoms with Crippen LogP contribution in [-0.2, 0) is 16.6 Å². The highest BCUT2D eigenvalue weighted by molar-refractivity contribution is 6.08. The van der Waals surface area contributed by atoms with Gasteiger partial charge in [-0.3, -0.25) is 14.6 Å². The number of aromatic nitrogens is 2. The number of anilines is 3. The van der Waals surface area contributed by atoms with Crippen LogP contribution in [0.5, 0.6) is 5.75 Å². The molecule has 0 aliphatic carbocycles. The number of nitrogens with one attached hydrogen (secondary N) is 1. The molecule has 1 N–H and O–H groups in total. The summed E-state index contributed by atoms with van der Waals surface area (Å²) in [5, 5.41) is 0. The van der Waals surface area contributed by atoms with Crippen molar-refractivity contribution in [1.29, 1.82) is 0 Å². The molecule has 0 radical (unpaired) electrons. The molecule has 0 bridgehead atoms. The Bertz CT molecular complexity index is 1120. The average molecular weight is 427 g/mol. The minimum Gasteiger partial charge on any atom is -0.497 e. The van der Waals surface area contributed by atoms with Gasteiger partial charge in [0.1, 0.15) is 17.4 Å². The molecule has 0 saturated carbocycles. The summed E-state index contributed by atoms with van der Waals surface area (Å²) in [5.41, 5.74) is 0.738. The van der Waals surface area contributed by atoms with Crippen molar-refractivity contribution in [3.63, 3.8) is 0 Å². The molecule has 1 aromatic carbocycles. The maximum absolute atomic E-state index is 15.1. The van der Waals surface area contributed by atoms with E-state index < -0.39 is 11.2 Å². The largest absolute Gasteiger partial charge is 0.497 e. The molecule has 3 aliphatic rings. The third-order valence-corrected chi connectivity index (χ3v) is 7.01. The van der Waals surface area contributed by atoms with Crippen LogP contribution < -0.4 is 25.0 Å². The average Bonchev–Trinajstić information content (AvgIpc) is 2.97. The van der Waals surface area contributed by atoms with Crippen molar-refractivity contribution in [2.45, 2.75) is 31.1 Å². The predicted octanol–water partition coefficient (Wildman–Crippen LogP) is 1.81. The highest BCUT2D eigenvalue weighted by atomic mass is 19.1. The Kier molecular flexibility index (Phi) is 4.46. The van der Waals surface area contributed by atoms with Gasteiger partial charge in [-0.05, 0) is 25.7 Å². The lowest BCUT2D eigenvalue weighted by molar-refractivity contribution is -0.123. The third-order valence-electron chi connectivity index (χ3n) is 7.01. The minimum absolute atomic E-state index is 0.0964. The monoisotopic (exact) mass is 427 g/mol. The Morgan fingerprint density at radius 3 is 2.61 bits per heavy atom. The fourth-order valence-electron chi connectivity index (χ4n) is 5.29. The molecule has 8 nitrogen and oxygen atoms in total. The second-order valence-corrected chi connectivity index (χ2v) is 8.65. The molecule has 3 aliphatic heterocycles. The highest BCUT2D eigenvalue weighted by Gasteiger charge is 2.53. The number of H-pyrrole nitrogens is 1. The zero-order chi connectivity index (χ0) is 21.9. The molecule has 0 unspecified atom stereocenters. The van der Waals surface area contributed by atoms with Crippen molar-refractivity contribution < 1.29 is 13.9 Å². The Morgan fingerprint density at radius 1 is 1.16 bits per heavy atom. The van der Waals surface area contributed by atoms with Gasteiger partial charge < -0.3 is 19.4 Å². The quantitative estimate of drug-likeness (QED) is 0.787. The number of fused-ring (bicyclic) bond motifs is 3. The summed E-state index contributed by atoms with van der Waals surface area (Å²) in [7, 11) is 5.11. The number of ether oxygens (including phenoxy) is 1. The second-order valence-electron chi connectivity index (χ2n) is 8.65. The van der Waals surface area contributed by atoms with Gasteiger partial charge >= 0.3 is 0 Å². The van der Waals surface area contributed by atoms with Crippen LogP contribution in [0.4, 0.5) is 21.8 Å². The molecule has 1 aromatic heterocycles. The van der Waals surface area contributed by atoms with E-state index in [1.54, 1.807) is 13.1 Å². The number of likely N-dealkylation sites (N-methyl/N-ethyl adjacent to an activating group) is 1. The molecule has 4 heterocycles. The molecular weight excluding hydrogens is 401 g/mol. The number of benzene rings is 1. The Balaban J connectivity index is 1.47. The van der Waals surface area contributed by atoms with Crippen molar-refractivity contribution in [3.8, 4) is 5.75 Å². The van der Waals surface area contributed by atoms with Gasteiger partial charge in [0.15, 0.2) is 0 Å². The number of amides is 1. The highest BCUT2D eigenvalue weighted by Crippen LogP contribution is 2.50. The van der Waals surface area contributed by atoms with E-state index in [0.717, 1.165) is 30.8 Å². The second kappa shape index (κ2) is 6.96. The first-order valence-corrected chi connectivity index (χ1v) is 10.6. The molecule has 1 saturated heterocycles. The summed E-state index contributed by atoms with van der Waals surface area (Å²) in [6, 6.07) is 3.06. The van der Waals surface area contributed by atoms with Gasteiger partial charge in [0.2, 0.25) is 11.9 Å². The molecule has 9 heteroatoms. The van der Waals surface area contributed by atoms with E-state index >= 15 is 4.39 Å². The van der Waals surface area contributed by atoms with Crippen molar-refractivity contribution >= 4 is 23.4 Å². The summed E-state index contributed by atoms with van der Waals surface area (Å²) in [4.78, 5) is 39.0. The van der Waals surface area contributed by atoms with Crippen LogP contribution in [0.15, 0.2) is 16.9 Å². The van der Waals surface area contributed by atoms with E-state index in [9.17, 15) is 9.59 Å². The van der Waals surface area contributed by atoms with E-state index in [1.165, 1.54) is 18.1 Å². The van der Waals surface area contributed by atoms with E-state index in [1.807, 2.05) is 16.8 Å². The first kappa shape index (κ1) is 19.8. The van der Waals surface area contributed by atoms with Gasteiger partial charge in [0.05, 0.1) is 23.8 Å². The maximum atomic E-state index is 15.1. The molecule has 1 fully saturated rings.